The molecule has 0 aliphatic rings. The van der Waals surface area contributed by atoms with Gasteiger partial charge in [-0.1, -0.05) is 18.5 Å². The Morgan fingerprint density at radius 1 is 1.25 bits per heavy atom. The summed E-state index contributed by atoms with van der Waals surface area (Å²) in [6, 6.07) is 7.71. The van der Waals surface area contributed by atoms with E-state index in [1.807, 2.05) is 24.3 Å². The van der Waals surface area contributed by atoms with Crippen LogP contribution >= 0.6 is 11.6 Å². The maximum atomic E-state index is 6.00. The molecule has 0 aliphatic heterocycles. The molecule has 0 spiro atoms. The quantitative estimate of drug-likeness (QED) is 0.628. The van der Waals surface area contributed by atoms with Crippen LogP contribution in [-0.4, -0.2) is 4.98 Å². The Morgan fingerprint density at radius 3 is 2.94 bits per heavy atom. The summed E-state index contributed by atoms with van der Waals surface area (Å²) in [5, 5.41) is 2.86. The highest BCUT2D eigenvalue weighted by molar-refractivity contribution is 6.31. The van der Waals surface area contributed by atoms with E-state index in [1.165, 1.54) is 0 Å². The van der Waals surface area contributed by atoms with Crippen LogP contribution in [-0.2, 0) is 6.42 Å². The number of halogens is 1. The molecule has 0 amide bonds. The Labute approximate surface area is 97.8 Å². The third-order valence-corrected chi connectivity index (χ3v) is 3.00. The number of benzene rings is 1. The number of fused-ring (bicyclic) bond motifs is 3. The number of hydrogen-bond acceptors (Lipinski definition) is 2. The van der Waals surface area contributed by atoms with Gasteiger partial charge in [-0.3, -0.25) is 0 Å². The summed E-state index contributed by atoms with van der Waals surface area (Å²) in [5.74, 6) is 0. The van der Waals surface area contributed by atoms with Crippen molar-refractivity contribution >= 4 is 33.5 Å². The van der Waals surface area contributed by atoms with Crippen LogP contribution < -0.4 is 0 Å². The van der Waals surface area contributed by atoms with E-state index in [2.05, 4.69) is 11.9 Å². The molecule has 0 saturated carbocycles. The first-order valence-electron chi connectivity index (χ1n) is 5.25. The zero-order valence-corrected chi connectivity index (χ0v) is 9.58. The maximum absolute atomic E-state index is 6.00. The normalized spacial score (nSPS) is 11.4. The van der Waals surface area contributed by atoms with Crippen LogP contribution in [0.1, 0.15) is 12.6 Å². The van der Waals surface area contributed by atoms with Crippen LogP contribution in [0.4, 0.5) is 0 Å². The Morgan fingerprint density at radius 2 is 2.12 bits per heavy atom. The van der Waals surface area contributed by atoms with Gasteiger partial charge in [0.25, 0.3) is 0 Å². The van der Waals surface area contributed by atoms with Crippen LogP contribution in [0.25, 0.3) is 21.9 Å². The lowest BCUT2D eigenvalue weighted by atomic mass is 10.1. The molecule has 0 radical (unpaired) electrons. The van der Waals surface area contributed by atoms with Crippen molar-refractivity contribution in [2.45, 2.75) is 13.3 Å². The number of rotatable bonds is 1. The van der Waals surface area contributed by atoms with E-state index < -0.39 is 0 Å². The summed E-state index contributed by atoms with van der Waals surface area (Å²) in [6.07, 6.45) is 2.56. The summed E-state index contributed by atoms with van der Waals surface area (Å²) in [4.78, 5) is 4.58. The van der Waals surface area contributed by atoms with Crippen molar-refractivity contribution in [2.24, 2.45) is 0 Å². The van der Waals surface area contributed by atoms with Crippen LogP contribution in [0.2, 0.25) is 5.02 Å². The molecule has 3 heteroatoms. The van der Waals surface area contributed by atoms with Crippen LogP contribution in [0.5, 0.6) is 0 Å². The molecule has 1 aromatic carbocycles. The molecule has 2 nitrogen and oxygen atoms in total. The molecule has 3 rings (SSSR count). The molecule has 0 unspecified atom stereocenters. The van der Waals surface area contributed by atoms with Crippen molar-refractivity contribution in [1.82, 2.24) is 4.98 Å². The largest absolute Gasteiger partial charge is 0.462 e. The number of furan rings is 1. The van der Waals surface area contributed by atoms with Crippen LogP contribution in [0.3, 0.4) is 0 Å². The average Bonchev–Trinajstić information content (AvgIpc) is 2.77. The number of nitrogens with zero attached hydrogens (tertiary/aromatic N) is 1. The highest BCUT2D eigenvalue weighted by atomic mass is 35.5. The molecule has 0 atom stereocenters. The van der Waals surface area contributed by atoms with E-state index in [9.17, 15) is 0 Å². The van der Waals surface area contributed by atoms with Crippen LogP contribution in [0, 0.1) is 0 Å². The molecule has 80 valence electrons. The van der Waals surface area contributed by atoms with Gasteiger partial charge in [-0.05, 0) is 30.7 Å². The summed E-state index contributed by atoms with van der Waals surface area (Å²) in [7, 11) is 0. The lowest BCUT2D eigenvalue weighted by molar-refractivity contribution is 0.609. The molecular weight excluding hydrogens is 222 g/mol. The van der Waals surface area contributed by atoms with E-state index >= 15 is 0 Å². The third kappa shape index (κ3) is 1.30. The topological polar surface area (TPSA) is 26.0 Å². The number of aryl methyl sites for hydroxylation is 1. The summed E-state index contributed by atoms with van der Waals surface area (Å²) in [6.45, 7) is 2.08. The molecule has 3 aromatic rings. The second-order valence-electron chi connectivity index (χ2n) is 3.74. The number of aromatic nitrogens is 1. The first-order chi connectivity index (χ1) is 7.79. The van der Waals surface area contributed by atoms with Gasteiger partial charge in [0.15, 0.2) is 5.58 Å². The van der Waals surface area contributed by atoms with E-state index in [0.29, 0.717) is 0 Å². The Bertz CT molecular complexity index is 672. The lowest BCUT2D eigenvalue weighted by Gasteiger charge is -2.03. The zero-order chi connectivity index (χ0) is 11.1. The van der Waals surface area contributed by atoms with Gasteiger partial charge in [-0.2, -0.15) is 0 Å². The highest BCUT2D eigenvalue weighted by Gasteiger charge is 2.09. The predicted octanol–water partition coefficient (Wildman–Crippen LogP) is 4.20. The first-order valence-corrected chi connectivity index (χ1v) is 5.62. The minimum atomic E-state index is 0.723. The third-order valence-electron chi connectivity index (χ3n) is 2.77. The molecule has 16 heavy (non-hydrogen) atoms. The second kappa shape index (κ2) is 3.49. The van der Waals surface area contributed by atoms with Crippen LogP contribution in [0.15, 0.2) is 34.9 Å². The minimum Gasteiger partial charge on any atom is -0.462 e. The van der Waals surface area contributed by atoms with Crippen molar-refractivity contribution < 1.29 is 4.42 Å². The van der Waals surface area contributed by atoms with Gasteiger partial charge in [-0.15, -0.1) is 0 Å². The summed E-state index contributed by atoms with van der Waals surface area (Å²) < 4.78 is 5.48. The molecular formula is C13H10ClNO. The first kappa shape index (κ1) is 9.67. The predicted molar refractivity (Wildman–Crippen MR) is 65.9 cm³/mol. The van der Waals surface area contributed by atoms with E-state index in [0.717, 1.165) is 39.0 Å². The van der Waals surface area contributed by atoms with Gasteiger partial charge in [0.05, 0.1) is 17.5 Å². The van der Waals surface area contributed by atoms with E-state index in [4.69, 9.17) is 16.0 Å². The molecule has 0 N–H and O–H groups in total. The van der Waals surface area contributed by atoms with E-state index in [1.54, 1.807) is 6.26 Å². The molecule has 2 heterocycles. The van der Waals surface area contributed by atoms with Crippen molar-refractivity contribution in [1.29, 1.82) is 0 Å². The average molecular weight is 232 g/mol. The smallest absolute Gasteiger partial charge is 0.155 e. The standard InChI is InChI=1S/C13H10ClNO/c1-2-11-13-9(5-6-16-13)10-7-8(14)3-4-12(10)15-11/h3-7H,2H2,1H3. The number of pyridine rings is 1. The molecule has 2 aromatic heterocycles. The monoisotopic (exact) mass is 231 g/mol. The van der Waals surface area contributed by atoms with Gasteiger partial charge in [-0.25, -0.2) is 4.98 Å². The van der Waals surface area contributed by atoms with Gasteiger partial charge in [0.2, 0.25) is 0 Å². The SMILES string of the molecule is CCc1nc2ccc(Cl)cc2c2ccoc12. The second-order valence-corrected chi connectivity index (χ2v) is 4.17. The van der Waals surface area contributed by atoms with Gasteiger partial charge in [0, 0.05) is 15.8 Å². The summed E-state index contributed by atoms with van der Waals surface area (Å²) >= 11 is 6.00. The van der Waals surface area contributed by atoms with E-state index in [-0.39, 0.29) is 0 Å². The van der Waals surface area contributed by atoms with Gasteiger partial charge in [0.1, 0.15) is 0 Å². The molecule has 0 saturated heterocycles. The van der Waals surface area contributed by atoms with Crippen molar-refractivity contribution in [2.75, 3.05) is 0 Å². The molecule has 0 aliphatic carbocycles. The Balaban J connectivity index is 2.54. The van der Waals surface area contributed by atoms with Crippen molar-refractivity contribution in [3.05, 3.63) is 41.2 Å². The van der Waals surface area contributed by atoms with Gasteiger partial charge < -0.3 is 4.42 Å². The summed E-state index contributed by atoms with van der Waals surface area (Å²) in [5.41, 5.74) is 2.84. The van der Waals surface area contributed by atoms with Crippen molar-refractivity contribution in [3.63, 3.8) is 0 Å². The fraction of sp³-hybridized carbons (Fsp3) is 0.154. The van der Waals surface area contributed by atoms with Crippen molar-refractivity contribution in [3.8, 4) is 0 Å². The number of hydrogen-bond donors (Lipinski definition) is 0. The lowest BCUT2D eigenvalue weighted by Crippen LogP contribution is -1.89. The fourth-order valence-corrected chi connectivity index (χ4v) is 2.17. The zero-order valence-electron chi connectivity index (χ0n) is 8.83. The highest BCUT2D eigenvalue weighted by Crippen LogP contribution is 2.29. The maximum Gasteiger partial charge on any atom is 0.155 e. The molecule has 0 fully saturated rings. The molecule has 0 bridgehead atoms. The Kier molecular flexibility index (Phi) is 2.11. The van der Waals surface area contributed by atoms with Gasteiger partial charge >= 0.3 is 0 Å². The minimum absolute atomic E-state index is 0.723. The Hall–Kier alpha value is -1.54. The fourth-order valence-electron chi connectivity index (χ4n) is 2.00.